The number of rotatable bonds is 7. The van der Waals surface area contributed by atoms with Gasteiger partial charge in [-0.05, 0) is 18.9 Å². The summed E-state index contributed by atoms with van der Waals surface area (Å²) in [6.45, 7) is 5.51. The molecule has 2 rings (SSSR count). The van der Waals surface area contributed by atoms with Gasteiger partial charge in [-0.15, -0.1) is 0 Å². The van der Waals surface area contributed by atoms with E-state index in [2.05, 4.69) is 10.4 Å². The van der Waals surface area contributed by atoms with E-state index in [1.54, 1.807) is 0 Å². The lowest BCUT2D eigenvalue weighted by atomic mass is 10.1. The molecule has 1 atom stereocenters. The second kappa shape index (κ2) is 7.59. The molecule has 5 heteroatoms. The molecule has 1 aromatic carbocycles. The van der Waals surface area contributed by atoms with Crippen LogP contribution in [0.15, 0.2) is 30.3 Å². The molecule has 0 aliphatic heterocycles. The molecule has 2 aromatic rings. The molecule has 0 amide bonds. The average molecular weight is 308 g/mol. The van der Waals surface area contributed by atoms with Gasteiger partial charge in [-0.2, -0.15) is 5.10 Å². The first-order valence-electron chi connectivity index (χ1n) is 7.34. The minimum atomic E-state index is -0.104. The summed E-state index contributed by atoms with van der Waals surface area (Å²) in [4.78, 5) is 0. The van der Waals surface area contributed by atoms with E-state index in [0.717, 1.165) is 34.9 Å². The van der Waals surface area contributed by atoms with Gasteiger partial charge in [0.15, 0.2) is 0 Å². The topological polar surface area (TPSA) is 50.1 Å². The molecule has 1 aromatic heterocycles. The number of aliphatic hydroxyl groups excluding tert-OH is 1. The van der Waals surface area contributed by atoms with E-state index >= 15 is 0 Å². The summed E-state index contributed by atoms with van der Waals surface area (Å²) in [5.74, 6) is 0. The van der Waals surface area contributed by atoms with Gasteiger partial charge in [0.25, 0.3) is 0 Å². The monoisotopic (exact) mass is 307 g/mol. The number of nitrogens with one attached hydrogen (secondary N) is 1. The Morgan fingerprint density at radius 2 is 2.00 bits per heavy atom. The zero-order valence-corrected chi connectivity index (χ0v) is 13.3. The van der Waals surface area contributed by atoms with Crippen LogP contribution in [0.2, 0.25) is 5.02 Å². The highest BCUT2D eigenvalue weighted by atomic mass is 35.5. The number of benzene rings is 1. The second-order valence-electron chi connectivity index (χ2n) is 4.90. The fourth-order valence-corrected chi connectivity index (χ4v) is 2.72. The Kier molecular flexibility index (Phi) is 5.79. The van der Waals surface area contributed by atoms with Gasteiger partial charge in [0.05, 0.1) is 29.1 Å². The van der Waals surface area contributed by atoms with Crippen molar-refractivity contribution < 1.29 is 5.11 Å². The van der Waals surface area contributed by atoms with Gasteiger partial charge in [-0.3, -0.25) is 4.68 Å². The van der Waals surface area contributed by atoms with E-state index < -0.39 is 0 Å². The lowest BCUT2D eigenvalue weighted by Gasteiger charge is -2.17. The average Bonchev–Trinajstić information content (AvgIpc) is 2.84. The summed E-state index contributed by atoms with van der Waals surface area (Å²) in [6.07, 6.45) is 0.820. The van der Waals surface area contributed by atoms with Gasteiger partial charge < -0.3 is 10.4 Å². The van der Waals surface area contributed by atoms with Crippen LogP contribution in [0.3, 0.4) is 0 Å². The van der Waals surface area contributed by atoms with Crippen molar-refractivity contribution in [2.45, 2.75) is 39.4 Å². The Labute approximate surface area is 130 Å². The first-order valence-corrected chi connectivity index (χ1v) is 7.72. The molecular formula is C16H22ClN3O. The summed E-state index contributed by atoms with van der Waals surface area (Å²) >= 11 is 6.40. The summed E-state index contributed by atoms with van der Waals surface area (Å²) in [5, 5.41) is 18.2. The second-order valence-corrected chi connectivity index (χ2v) is 5.28. The Hall–Kier alpha value is -1.36. The highest BCUT2D eigenvalue weighted by Crippen LogP contribution is 2.22. The minimum absolute atomic E-state index is 0.0442. The van der Waals surface area contributed by atoms with Crippen molar-refractivity contribution in [2.24, 2.45) is 0 Å². The Balaban J connectivity index is 2.13. The van der Waals surface area contributed by atoms with Crippen LogP contribution in [-0.4, -0.2) is 21.5 Å². The summed E-state index contributed by atoms with van der Waals surface area (Å²) in [6, 6.07) is 9.81. The summed E-state index contributed by atoms with van der Waals surface area (Å²) < 4.78 is 1.92. The number of aliphatic hydroxyl groups is 1. The molecule has 0 spiro atoms. The molecule has 114 valence electrons. The molecule has 1 heterocycles. The zero-order valence-electron chi connectivity index (χ0n) is 12.5. The fourth-order valence-electron chi connectivity index (χ4n) is 2.38. The molecule has 4 nitrogen and oxygen atoms in total. The Bertz CT molecular complexity index is 568. The highest BCUT2D eigenvalue weighted by Gasteiger charge is 2.16. The van der Waals surface area contributed by atoms with Crippen molar-refractivity contribution in [3.05, 3.63) is 52.3 Å². The highest BCUT2D eigenvalue weighted by molar-refractivity contribution is 6.31. The lowest BCUT2D eigenvalue weighted by molar-refractivity contribution is 0.242. The number of hydrogen-bond acceptors (Lipinski definition) is 3. The third-order valence-electron chi connectivity index (χ3n) is 3.59. The predicted octanol–water partition coefficient (Wildman–Crippen LogP) is 2.94. The summed E-state index contributed by atoms with van der Waals surface area (Å²) in [7, 11) is 0. The third kappa shape index (κ3) is 3.64. The number of hydrogen-bond donors (Lipinski definition) is 2. The van der Waals surface area contributed by atoms with E-state index in [0.29, 0.717) is 6.54 Å². The maximum absolute atomic E-state index is 9.59. The number of aryl methyl sites for hydroxylation is 2. The van der Waals surface area contributed by atoms with Crippen molar-refractivity contribution in [1.29, 1.82) is 0 Å². The van der Waals surface area contributed by atoms with E-state index in [4.69, 9.17) is 11.6 Å². The fraction of sp³-hybridized carbons (Fsp3) is 0.438. The van der Waals surface area contributed by atoms with Crippen LogP contribution in [0, 0.1) is 0 Å². The maximum Gasteiger partial charge on any atom is 0.0863 e. The van der Waals surface area contributed by atoms with Gasteiger partial charge in [0.1, 0.15) is 0 Å². The molecule has 1 unspecified atom stereocenters. The molecule has 0 saturated heterocycles. The van der Waals surface area contributed by atoms with Crippen LogP contribution in [0.1, 0.15) is 36.8 Å². The zero-order chi connectivity index (χ0) is 15.2. The van der Waals surface area contributed by atoms with E-state index in [1.807, 2.05) is 48.9 Å². The molecule has 0 fully saturated rings. The standard InChI is InChI=1S/C16H22ClN3O/c1-3-13-16(17)15(20(4-2)19-13)10-18-14(11-21)12-8-6-5-7-9-12/h5-9,14,18,21H,3-4,10-11H2,1-2H3. The number of halogens is 1. The molecule has 0 aliphatic carbocycles. The van der Waals surface area contributed by atoms with Crippen molar-refractivity contribution in [2.75, 3.05) is 6.61 Å². The van der Waals surface area contributed by atoms with Crippen molar-refractivity contribution in [3.63, 3.8) is 0 Å². The third-order valence-corrected chi connectivity index (χ3v) is 4.03. The molecule has 21 heavy (non-hydrogen) atoms. The first kappa shape index (κ1) is 16.0. The quantitative estimate of drug-likeness (QED) is 0.827. The van der Waals surface area contributed by atoms with Crippen molar-refractivity contribution in [1.82, 2.24) is 15.1 Å². The molecule has 0 bridgehead atoms. The van der Waals surface area contributed by atoms with Crippen LogP contribution in [0.4, 0.5) is 0 Å². The molecule has 2 N–H and O–H groups in total. The number of nitrogens with zero attached hydrogens (tertiary/aromatic N) is 2. The van der Waals surface area contributed by atoms with Gasteiger partial charge in [0, 0.05) is 13.1 Å². The van der Waals surface area contributed by atoms with E-state index in [-0.39, 0.29) is 12.6 Å². The molecule has 0 aliphatic rings. The Morgan fingerprint density at radius 1 is 1.29 bits per heavy atom. The van der Waals surface area contributed by atoms with Crippen molar-refractivity contribution in [3.8, 4) is 0 Å². The van der Waals surface area contributed by atoms with Crippen LogP contribution >= 0.6 is 11.6 Å². The Morgan fingerprint density at radius 3 is 2.57 bits per heavy atom. The van der Waals surface area contributed by atoms with Crippen LogP contribution in [0.25, 0.3) is 0 Å². The van der Waals surface area contributed by atoms with Crippen LogP contribution in [-0.2, 0) is 19.5 Å². The van der Waals surface area contributed by atoms with Crippen LogP contribution < -0.4 is 5.32 Å². The minimum Gasteiger partial charge on any atom is -0.394 e. The van der Waals surface area contributed by atoms with E-state index in [9.17, 15) is 5.11 Å². The number of aromatic nitrogens is 2. The molecular weight excluding hydrogens is 286 g/mol. The predicted molar refractivity (Wildman–Crippen MR) is 85.4 cm³/mol. The summed E-state index contributed by atoms with van der Waals surface area (Å²) in [5.41, 5.74) is 2.97. The van der Waals surface area contributed by atoms with Gasteiger partial charge >= 0.3 is 0 Å². The normalized spacial score (nSPS) is 12.6. The van der Waals surface area contributed by atoms with Crippen LogP contribution in [0.5, 0.6) is 0 Å². The smallest absolute Gasteiger partial charge is 0.0863 e. The van der Waals surface area contributed by atoms with E-state index in [1.165, 1.54) is 0 Å². The van der Waals surface area contributed by atoms with Crippen molar-refractivity contribution >= 4 is 11.6 Å². The van der Waals surface area contributed by atoms with Gasteiger partial charge in [-0.1, -0.05) is 48.9 Å². The molecule has 0 saturated carbocycles. The molecule has 0 radical (unpaired) electrons. The SMILES string of the molecule is CCc1nn(CC)c(CNC(CO)c2ccccc2)c1Cl. The lowest BCUT2D eigenvalue weighted by Crippen LogP contribution is -2.25. The maximum atomic E-state index is 9.59. The van der Waals surface area contributed by atoms with Gasteiger partial charge in [0.2, 0.25) is 0 Å². The van der Waals surface area contributed by atoms with Gasteiger partial charge in [-0.25, -0.2) is 0 Å². The largest absolute Gasteiger partial charge is 0.394 e. The first-order chi connectivity index (χ1) is 10.2.